The molecule has 3 heterocycles. The van der Waals surface area contributed by atoms with Crippen LogP contribution in [0.15, 0.2) is 42.7 Å². The summed E-state index contributed by atoms with van der Waals surface area (Å²) in [5, 5.41) is 11.9. The number of benzene rings is 1. The summed E-state index contributed by atoms with van der Waals surface area (Å²) in [6, 6.07) is 9.71. The molecule has 0 spiro atoms. The monoisotopic (exact) mass is 353 g/mol. The number of H-pyrrole nitrogens is 1. The number of fused-ring (bicyclic) bond motifs is 1. The topological polar surface area (TPSA) is 52.1 Å². The van der Waals surface area contributed by atoms with Gasteiger partial charge in [-0.25, -0.2) is 9.37 Å². The van der Waals surface area contributed by atoms with Crippen LogP contribution in [0.25, 0.3) is 22.2 Å². The van der Waals surface area contributed by atoms with E-state index in [-0.39, 0.29) is 17.7 Å². The van der Waals surface area contributed by atoms with Crippen molar-refractivity contribution in [2.75, 3.05) is 20.1 Å². The van der Waals surface area contributed by atoms with Gasteiger partial charge in [-0.3, -0.25) is 0 Å². The van der Waals surface area contributed by atoms with E-state index in [1.165, 1.54) is 6.20 Å². The van der Waals surface area contributed by atoms with Crippen molar-refractivity contribution in [1.29, 1.82) is 0 Å². The molecule has 4 nitrogen and oxygen atoms in total. The van der Waals surface area contributed by atoms with Gasteiger partial charge in [0.25, 0.3) is 0 Å². The first-order chi connectivity index (χ1) is 12.4. The summed E-state index contributed by atoms with van der Waals surface area (Å²) in [5.74, 6) is -0.0305. The molecule has 1 aliphatic rings. The second kappa shape index (κ2) is 6.18. The van der Waals surface area contributed by atoms with E-state index in [1.54, 1.807) is 6.20 Å². The standard InChI is InChI=1S/C21H24FN3O/c1-13-11-25(3)12-14(2)21(13,26)16-6-4-15(5-7-16)17-8-9-23-20-19(17)18(22)10-24-20/h4-10,13-14,26H,11-12H2,1-3H3,(H,23,24)/t13-,14+,21?. The minimum absolute atomic E-state index is 0.136. The Hall–Kier alpha value is -2.24. The summed E-state index contributed by atoms with van der Waals surface area (Å²) in [5.41, 5.74) is 2.33. The number of nitrogens with zero attached hydrogens (tertiary/aromatic N) is 2. The average Bonchev–Trinajstić information content (AvgIpc) is 3.01. The predicted octanol–water partition coefficient (Wildman–Crippen LogP) is 3.77. The van der Waals surface area contributed by atoms with E-state index in [4.69, 9.17) is 0 Å². The van der Waals surface area contributed by atoms with E-state index in [1.807, 2.05) is 30.3 Å². The first kappa shape index (κ1) is 17.2. The number of likely N-dealkylation sites (tertiary alicyclic amines) is 1. The number of pyridine rings is 1. The van der Waals surface area contributed by atoms with Crippen LogP contribution in [0.2, 0.25) is 0 Å². The SMILES string of the molecule is C[C@@H]1CN(C)C[C@H](C)C1(O)c1ccc(-c2ccnc3[nH]cc(F)c23)cc1. The van der Waals surface area contributed by atoms with Gasteiger partial charge in [-0.1, -0.05) is 38.1 Å². The zero-order valence-corrected chi connectivity index (χ0v) is 15.3. The number of aromatic nitrogens is 2. The van der Waals surface area contributed by atoms with Crippen molar-refractivity contribution in [2.45, 2.75) is 19.4 Å². The third-order valence-electron chi connectivity index (χ3n) is 5.86. The maximum absolute atomic E-state index is 14.1. The van der Waals surface area contributed by atoms with E-state index in [0.717, 1.165) is 29.8 Å². The zero-order valence-electron chi connectivity index (χ0n) is 15.3. The maximum Gasteiger partial charge on any atom is 0.150 e. The van der Waals surface area contributed by atoms with Crippen LogP contribution < -0.4 is 0 Å². The highest BCUT2D eigenvalue weighted by atomic mass is 19.1. The second-order valence-electron chi connectivity index (χ2n) is 7.64. The molecule has 3 aromatic rings. The molecule has 0 aliphatic carbocycles. The largest absolute Gasteiger partial charge is 0.385 e. The molecule has 1 unspecified atom stereocenters. The molecule has 0 bridgehead atoms. The van der Waals surface area contributed by atoms with E-state index in [2.05, 4.69) is 35.8 Å². The second-order valence-corrected chi connectivity index (χ2v) is 7.64. The number of rotatable bonds is 2. The van der Waals surface area contributed by atoms with Crippen LogP contribution >= 0.6 is 0 Å². The minimum Gasteiger partial charge on any atom is -0.385 e. The summed E-state index contributed by atoms with van der Waals surface area (Å²) in [6.07, 6.45) is 3.01. The molecule has 5 heteroatoms. The van der Waals surface area contributed by atoms with Crippen molar-refractivity contribution in [3.8, 4) is 11.1 Å². The van der Waals surface area contributed by atoms with Gasteiger partial charge in [-0.05, 0) is 29.8 Å². The van der Waals surface area contributed by atoms with Gasteiger partial charge >= 0.3 is 0 Å². The summed E-state index contributed by atoms with van der Waals surface area (Å²) in [6.45, 7) is 5.92. The summed E-state index contributed by atoms with van der Waals surface area (Å²) in [7, 11) is 2.09. The van der Waals surface area contributed by atoms with Crippen molar-refractivity contribution in [2.24, 2.45) is 11.8 Å². The van der Waals surface area contributed by atoms with Crippen LogP contribution in [0.5, 0.6) is 0 Å². The number of hydrogen-bond acceptors (Lipinski definition) is 3. The first-order valence-electron chi connectivity index (χ1n) is 9.04. The van der Waals surface area contributed by atoms with Gasteiger partial charge in [0.15, 0.2) is 5.82 Å². The smallest absolute Gasteiger partial charge is 0.150 e. The molecule has 0 saturated carbocycles. The van der Waals surface area contributed by atoms with Crippen LogP contribution in [0.4, 0.5) is 4.39 Å². The van der Waals surface area contributed by atoms with Crippen LogP contribution in [0.3, 0.4) is 0 Å². The van der Waals surface area contributed by atoms with E-state index in [0.29, 0.717) is 11.0 Å². The third kappa shape index (κ3) is 2.54. The van der Waals surface area contributed by atoms with E-state index in [9.17, 15) is 9.50 Å². The Kier molecular flexibility index (Phi) is 4.09. The fourth-order valence-electron chi connectivity index (χ4n) is 4.52. The molecule has 2 aromatic heterocycles. The van der Waals surface area contributed by atoms with Gasteiger partial charge in [0.05, 0.1) is 11.0 Å². The van der Waals surface area contributed by atoms with Gasteiger partial charge in [0.1, 0.15) is 5.65 Å². The Balaban J connectivity index is 1.74. The molecule has 0 amide bonds. The molecule has 1 fully saturated rings. The van der Waals surface area contributed by atoms with Crippen LogP contribution in [0.1, 0.15) is 19.4 Å². The quantitative estimate of drug-likeness (QED) is 0.737. The maximum atomic E-state index is 14.1. The number of aromatic amines is 1. The lowest BCUT2D eigenvalue weighted by Gasteiger charge is -2.47. The summed E-state index contributed by atoms with van der Waals surface area (Å²) in [4.78, 5) is 9.29. The Morgan fingerprint density at radius 3 is 2.46 bits per heavy atom. The van der Waals surface area contributed by atoms with Crippen molar-refractivity contribution in [1.82, 2.24) is 14.9 Å². The molecule has 3 atom stereocenters. The molecule has 26 heavy (non-hydrogen) atoms. The number of piperidine rings is 1. The zero-order chi connectivity index (χ0) is 18.5. The fourth-order valence-corrected chi connectivity index (χ4v) is 4.52. The van der Waals surface area contributed by atoms with Gasteiger partial charge < -0.3 is 15.0 Å². The number of halogens is 1. The highest BCUT2D eigenvalue weighted by Gasteiger charge is 2.44. The molecule has 136 valence electrons. The summed E-state index contributed by atoms with van der Waals surface area (Å²) < 4.78 is 14.1. The predicted molar refractivity (Wildman–Crippen MR) is 101 cm³/mol. The molecule has 1 aromatic carbocycles. The van der Waals surface area contributed by atoms with Crippen LogP contribution in [-0.4, -0.2) is 40.1 Å². The third-order valence-corrected chi connectivity index (χ3v) is 5.86. The van der Waals surface area contributed by atoms with Crippen LogP contribution in [-0.2, 0) is 5.60 Å². The van der Waals surface area contributed by atoms with Gasteiger partial charge in [-0.15, -0.1) is 0 Å². The van der Waals surface area contributed by atoms with Crippen molar-refractivity contribution in [3.05, 3.63) is 54.1 Å². The number of hydrogen-bond donors (Lipinski definition) is 2. The molecule has 4 rings (SSSR count). The highest BCUT2D eigenvalue weighted by molar-refractivity contribution is 5.93. The van der Waals surface area contributed by atoms with Crippen LogP contribution in [0, 0.1) is 17.7 Å². The number of nitrogens with one attached hydrogen (secondary N) is 1. The number of aliphatic hydroxyl groups is 1. The van der Waals surface area contributed by atoms with Crippen molar-refractivity contribution < 1.29 is 9.50 Å². The van der Waals surface area contributed by atoms with Crippen molar-refractivity contribution >= 4 is 11.0 Å². The Morgan fingerprint density at radius 2 is 1.81 bits per heavy atom. The lowest BCUT2D eigenvalue weighted by atomic mass is 9.71. The average molecular weight is 353 g/mol. The van der Waals surface area contributed by atoms with Gasteiger partial charge in [-0.2, -0.15) is 0 Å². The van der Waals surface area contributed by atoms with Gasteiger partial charge in [0.2, 0.25) is 0 Å². The van der Waals surface area contributed by atoms with E-state index >= 15 is 0 Å². The molecule has 0 radical (unpaired) electrons. The Morgan fingerprint density at radius 1 is 1.15 bits per heavy atom. The highest BCUT2D eigenvalue weighted by Crippen LogP contribution is 2.41. The Labute approximate surface area is 152 Å². The first-order valence-corrected chi connectivity index (χ1v) is 9.04. The van der Waals surface area contributed by atoms with E-state index < -0.39 is 5.60 Å². The van der Waals surface area contributed by atoms with Crippen molar-refractivity contribution in [3.63, 3.8) is 0 Å². The lowest BCUT2D eigenvalue weighted by molar-refractivity contribution is -0.108. The lowest BCUT2D eigenvalue weighted by Crippen LogP contribution is -2.53. The Bertz CT molecular complexity index is 922. The molecule has 1 saturated heterocycles. The molecular weight excluding hydrogens is 329 g/mol. The normalized spacial score (nSPS) is 27.1. The molecule has 1 aliphatic heterocycles. The van der Waals surface area contributed by atoms with Gasteiger partial charge in [0, 0.05) is 37.3 Å². The molecule has 2 N–H and O–H groups in total. The fraction of sp³-hybridized carbons (Fsp3) is 0.381. The minimum atomic E-state index is -0.849. The molecular formula is C21H24FN3O. The summed E-state index contributed by atoms with van der Waals surface area (Å²) >= 11 is 0.